The molecule has 0 spiro atoms. The molecular formula is C14H16FNOS. The van der Waals surface area contributed by atoms with Crippen LogP contribution in [0.2, 0.25) is 0 Å². The van der Waals surface area contributed by atoms with E-state index in [1.165, 1.54) is 17.0 Å². The van der Waals surface area contributed by atoms with Crippen LogP contribution < -0.4 is 4.90 Å². The van der Waals surface area contributed by atoms with Crippen LogP contribution in [0.15, 0.2) is 35.7 Å². The van der Waals surface area contributed by atoms with E-state index < -0.39 is 6.10 Å². The highest BCUT2D eigenvalue weighted by atomic mass is 32.1. The molecule has 0 aliphatic carbocycles. The second-order valence-electron chi connectivity index (χ2n) is 4.31. The minimum Gasteiger partial charge on any atom is -0.389 e. The number of thiophene rings is 1. The van der Waals surface area contributed by atoms with Crippen molar-refractivity contribution in [2.75, 3.05) is 11.9 Å². The van der Waals surface area contributed by atoms with Crippen LogP contribution in [0.5, 0.6) is 0 Å². The number of aliphatic hydroxyl groups is 1. The molecule has 0 unspecified atom stereocenters. The monoisotopic (exact) mass is 265 g/mol. The molecule has 1 atom stereocenters. The third-order valence-electron chi connectivity index (χ3n) is 2.82. The first-order chi connectivity index (χ1) is 8.58. The predicted octanol–water partition coefficient (Wildman–Crippen LogP) is 3.58. The van der Waals surface area contributed by atoms with Gasteiger partial charge in [0.1, 0.15) is 5.82 Å². The number of halogens is 1. The molecule has 4 heteroatoms. The number of aliphatic hydroxyl groups excluding tert-OH is 1. The molecule has 0 radical (unpaired) electrons. The largest absolute Gasteiger partial charge is 0.389 e. The summed E-state index contributed by atoms with van der Waals surface area (Å²) in [6.45, 7) is 2.40. The molecule has 1 N–H and O–H groups in total. The summed E-state index contributed by atoms with van der Waals surface area (Å²) in [4.78, 5) is 3.26. The van der Waals surface area contributed by atoms with Gasteiger partial charge in [0.2, 0.25) is 0 Å². The second-order valence-corrected chi connectivity index (χ2v) is 5.35. The molecule has 2 aromatic rings. The minimum absolute atomic E-state index is 0.320. The maximum atomic E-state index is 13.2. The van der Waals surface area contributed by atoms with Crippen molar-refractivity contribution in [1.29, 1.82) is 0 Å². The van der Waals surface area contributed by atoms with Gasteiger partial charge in [-0.15, -0.1) is 11.3 Å². The lowest BCUT2D eigenvalue weighted by Gasteiger charge is -2.23. The molecule has 18 heavy (non-hydrogen) atoms. The Kier molecular flexibility index (Phi) is 3.99. The van der Waals surface area contributed by atoms with E-state index in [0.29, 0.717) is 5.56 Å². The van der Waals surface area contributed by atoms with Crippen molar-refractivity contribution in [2.45, 2.75) is 19.6 Å². The Morgan fingerprint density at radius 1 is 1.39 bits per heavy atom. The minimum atomic E-state index is -0.679. The zero-order valence-electron chi connectivity index (χ0n) is 10.4. The fraction of sp³-hybridized carbons (Fsp3) is 0.286. The maximum Gasteiger partial charge on any atom is 0.123 e. The van der Waals surface area contributed by atoms with E-state index in [-0.39, 0.29) is 5.82 Å². The third-order valence-corrected chi connectivity index (χ3v) is 3.69. The van der Waals surface area contributed by atoms with Crippen LogP contribution in [0.1, 0.15) is 23.5 Å². The smallest absolute Gasteiger partial charge is 0.123 e. The number of benzene rings is 1. The molecule has 1 aromatic heterocycles. The number of hydrogen-bond acceptors (Lipinski definition) is 3. The molecule has 0 aliphatic rings. The lowest BCUT2D eigenvalue weighted by Crippen LogP contribution is -2.18. The van der Waals surface area contributed by atoms with E-state index in [0.717, 1.165) is 12.2 Å². The molecule has 0 bridgehead atoms. The highest BCUT2D eigenvalue weighted by molar-refractivity contribution is 7.09. The van der Waals surface area contributed by atoms with Gasteiger partial charge in [-0.2, -0.15) is 0 Å². The van der Waals surface area contributed by atoms with Crippen LogP contribution in [0.4, 0.5) is 10.1 Å². The molecule has 1 heterocycles. The molecule has 0 saturated heterocycles. The van der Waals surface area contributed by atoms with Crippen molar-refractivity contribution in [3.63, 3.8) is 0 Å². The molecule has 96 valence electrons. The van der Waals surface area contributed by atoms with E-state index in [4.69, 9.17) is 0 Å². The van der Waals surface area contributed by atoms with Gasteiger partial charge in [-0.3, -0.25) is 0 Å². The normalized spacial score (nSPS) is 12.4. The van der Waals surface area contributed by atoms with Gasteiger partial charge < -0.3 is 10.0 Å². The highest BCUT2D eigenvalue weighted by Crippen LogP contribution is 2.28. The van der Waals surface area contributed by atoms with E-state index in [9.17, 15) is 9.50 Å². The fourth-order valence-corrected chi connectivity index (χ4v) is 2.69. The first kappa shape index (κ1) is 13.1. The van der Waals surface area contributed by atoms with Crippen molar-refractivity contribution in [3.05, 3.63) is 52.0 Å². The molecule has 0 saturated carbocycles. The van der Waals surface area contributed by atoms with Gasteiger partial charge in [-0.25, -0.2) is 4.39 Å². The zero-order valence-corrected chi connectivity index (χ0v) is 11.2. The Morgan fingerprint density at radius 3 is 2.78 bits per heavy atom. The van der Waals surface area contributed by atoms with Gasteiger partial charge in [-0.05, 0) is 36.6 Å². The average molecular weight is 265 g/mol. The summed E-state index contributed by atoms with van der Waals surface area (Å²) >= 11 is 1.69. The average Bonchev–Trinajstić information content (AvgIpc) is 2.81. The molecule has 0 amide bonds. The Hall–Kier alpha value is -1.39. The van der Waals surface area contributed by atoms with Crippen molar-refractivity contribution < 1.29 is 9.50 Å². The fourth-order valence-electron chi connectivity index (χ4n) is 1.93. The molecule has 2 nitrogen and oxygen atoms in total. The predicted molar refractivity (Wildman–Crippen MR) is 73.5 cm³/mol. The standard InChI is InChI=1S/C14H16FNOS/c1-10(17)13-8-11(15)5-6-14(13)16(2)9-12-4-3-7-18-12/h3-8,10,17H,9H2,1-2H3/t10-/m0/s1. The van der Waals surface area contributed by atoms with E-state index >= 15 is 0 Å². The lowest BCUT2D eigenvalue weighted by molar-refractivity contribution is 0.199. The summed E-state index contributed by atoms with van der Waals surface area (Å²) in [5.74, 6) is -0.320. The van der Waals surface area contributed by atoms with Crippen LogP contribution in [-0.4, -0.2) is 12.2 Å². The molecule has 2 rings (SSSR count). The van der Waals surface area contributed by atoms with E-state index in [1.54, 1.807) is 24.3 Å². The summed E-state index contributed by atoms with van der Waals surface area (Å²) in [6, 6.07) is 8.60. The Balaban J connectivity index is 2.26. The molecule has 0 fully saturated rings. The number of rotatable bonds is 4. The summed E-state index contributed by atoms with van der Waals surface area (Å²) in [5, 5.41) is 11.7. The molecule has 1 aromatic carbocycles. The summed E-state index contributed by atoms with van der Waals surface area (Å²) in [5.41, 5.74) is 1.48. The Labute approximate surface area is 110 Å². The number of nitrogens with zero attached hydrogens (tertiary/aromatic N) is 1. The van der Waals surface area contributed by atoms with Crippen LogP contribution in [-0.2, 0) is 6.54 Å². The van der Waals surface area contributed by atoms with Gasteiger partial charge in [0.15, 0.2) is 0 Å². The zero-order chi connectivity index (χ0) is 13.1. The lowest BCUT2D eigenvalue weighted by atomic mass is 10.1. The third kappa shape index (κ3) is 2.89. The summed E-state index contributed by atoms with van der Waals surface area (Å²) in [7, 11) is 1.94. The summed E-state index contributed by atoms with van der Waals surface area (Å²) in [6.07, 6.45) is -0.679. The van der Waals surface area contributed by atoms with Gasteiger partial charge >= 0.3 is 0 Å². The summed E-state index contributed by atoms with van der Waals surface area (Å²) < 4.78 is 13.2. The maximum absolute atomic E-state index is 13.2. The Morgan fingerprint density at radius 2 is 2.17 bits per heavy atom. The van der Waals surface area contributed by atoms with Gasteiger partial charge in [0.25, 0.3) is 0 Å². The quantitative estimate of drug-likeness (QED) is 0.913. The first-order valence-corrected chi connectivity index (χ1v) is 6.67. The number of anilines is 1. The van der Waals surface area contributed by atoms with Crippen LogP contribution in [0.25, 0.3) is 0 Å². The van der Waals surface area contributed by atoms with Crippen LogP contribution in [0, 0.1) is 5.82 Å². The van der Waals surface area contributed by atoms with Gasteiger partial charge in [-0.1, -0.05) is 6.07 Å². The van der Waals surface area contributed by atoms with Crippen molar-refractivity contribution in [2.24, 2.45) is 0 Å². The van der Waals surface area contributed by atoms with Gasteiger partial charge in [0, 0.05) is 23.2 Å². The first-order valence-electron chi connectivity index (χ1n) is 5.79. The van der Waals surface area contributed by atoms with Crippen LogP contribution in [0.3, 0.4) is 0 Å². The number of hydrogen-bond donors (Lipinski definition) is 1. The van der Waals surface area contributed by atoms with Crippen molar-refractivity contribution >= 4 is 17.0 Å². The SMILES string of the molecule is C[C@H](O)c1cc(F)ccc1N(C)Cc1cccs1. The highest BCUT2D eigenvalue weighted by Gasteiger charge is 2.13. The topological polar surface area (TPSA) is 23.5 Å². The molecule has 0 aliphatic heterocycles. The van der Waals surface area contributed by atoms with Crippen molar-refractivity contribution in [3.8, 4) is 0 Å². The van der Waals surface area contributed by atoms with Gasteiger partial charge in [0.05, 0.1) is 12.6 Å². The second kappa shape index (κ2) is 5.50. The van der Waals surface area contributed by atoms with Crippen molar-refractivity contribution in [1.82, 2.24) is 0 Å². The van der Waals surface area contributed by atoms with E-state index in [2.05, 4.69) is 6.07 Å². The Bertz CT molecular complexity index is 511. The molecular weight excluding hydrogens is 249 g/mol. The van der Waals surface area contributed by atoms with Crippen LogP contribution >= 0.6 is 11.3 Å². The van der Waals surface area contributed by atoms with E-state index in [1.807, 2.05) is 23.4 Å².